The van der Waals surface area contributed by atoms with Crippen molar-refractivity contribution < 1.29 is 38.1 Å². The standard InChI is InChI=1S/C34H56N2O8/c1-31(2)19-27(20-32(3,4)35-31)44-30(41-17-15-28(37)39-9)25-13-11-24(12-14-25)23-42-26-21-33(5,6)36(34(7,8)22-26)43-18-16-29(38)40-10/h11-14,26-27,30,35H,15-23H2,1-10H3. The highest BCUT2D eigenvalue weighted by Crippen LogP contribution is 2.40. The van der Waals surface area contributed by atoms with Gasteiger partial charge in [-0.1, -0.05) is 24.3 Å². The molecule has 3 rings (SSSR count). The Bertz CT molecular complexity index is 1050. The number of carbonyl (C=O) groups is 2. The van der Waals surface area contributed by atoms with Crippen LogP contribution >= 0.6 is 0 Å². The predicted octanol–water partition coefficient (Wildman–Crippen LogP) is 5.62. The van der Waals surface area contributed by atoms with E-state index in [2.05, 4.69) is 60.7 Å². The third-order valence-corrected chi connectivity index (χ3v) is 8.32. The SMILES string of the molecule is COC(=O)CCOC(OC1CC(C)(C)NC(C)(C)C1)c1ccc(COC2CC(C)(C)N(OCCC(=O)OC)C(C)(C)C2)cc1. The minimum atomic E-state index is -0.602. The number of benzene rings is 1. The highest BCUT2D eigenvalue weighted by atomic mass is 16.7. The molecule has 0 saturated carbocycles. The predicted molar refractivity (Wildman–Crippen MR) is 168 cm³/mol. The molecule has 0 radical (unpaired) electrons. The molecule has 2 saturated heterocycles. The van der Waals surface area contributed by atoms with E-state index in [1.54, 1.807) is 0 Å². The summed E-state index contributed by atoms with van der Waals surface area (Å²) < 4.78 is 28.7. The molecule has 1 aromatic rings. The van der Waals surface area contributed by atoms with E-state index >= 15 is 0 Å². The van der Waals surface area contributed by atoms with Gasteiger partial charge in [0.1, 0.15) is 0 Å². The normalized spacial score (nSPS) is 22.3. The van der Waals surface area contributed by atoms with Crippen LogP contribution in [0.2, 0.25) is 0 Å². The van der Waals surface area contributed by atoms with Crippen molar-refractivity contribution in [2.24, 2.45) is 0 Å². The Morgan fingerprint density at radius 1 is 0.795 bits per heavy atom. The van der Waals surface area contributed by atoms with Crippen molar-refractivity contribution in [3.05, 3.63) is 35.4 Å². The first-order valence-electron chi connectivity index (χ1n) is 15.8. The topological polar surface area (TPSA) is 105 Å². The van der Waals surface area contributed by atoms with Gasteiger partial charge < -0.3 is 29.0 Å². The molecule has 0 spiro atoms. The third kappa shape index (κ3) is 10.8. The van der Waals surface area contributed by atoms with Crippen LogP contribution in [0.25, 0.3) is 0 Å². The Kier molecular flexibility index (Phi) is 12.4. The molecule has 10 heteroatoms. The molecule has 1 unspecified atom stereocenters. The zero-order valence-electron chi connectivity index (χ0n) is 28.6. The maximum absolute atomic E-state index is 11.7. The summed E-state index contributed by atoms with van der Waals surface area (Å²) in [5.41, 5.74) is 1.25. The van der Waals surface area contributed by atoms with Crippen molar-refractivity contribution in [2.45, 2.75) is 141 Å². The molecule has 2 aliphatic heterocycles. The van der Waals surface area contributed by atoms with Crippen LogP contribution < -0.4 is 5.32 Å². The summed E-state index contributed by atoms with van der Waals surface area (Å²) in [6.45, 7) is 18.3. The van der Waals surface area contributed by atoms with Gasteiger partial charge >= 0.3 is 11.9 Å². The average molecular weight is 621 g/mol. The third-order valence-electron chi connectivity index (χ3n) is 8.32. The summed E-state index contributed by atoms with van der Waals surface area (Å²) in [5, 5.41) is 5.71. The summed E-state index contributed by atoms with van der Waals surface area (Å²) in [6.07, 6.45) is 3.09. The zero-order valence-corrected chi connectivity index (χ0v) is 28.6. The second-order valence-electron chi connectivity index (χ2n) is 14.7. The van der Waals surface area contributed by atoms with Gasteiger partial charge in [0.2, 0.25) is 0 Å². The van der Waals surface area contributed by atoms with Crippen molar-refractivity contribution >= 4 is 11.9 Å². The fraction of sp³-hybridized carbons (Fsp3) is 0.765. The van der Waals surface area contributed by atoms with Gasteiger partial charge in [-0.15, -0.1) is 0 Å². The number of nitrogens with one attached hydrogen (secondary N) is 1. The van der Waals surface area contributed by atoms with Crippen LogP contribution in [0.1, 0.15) is 111 Å². The summed E-state index contributed by atoms with van der Waals surface area (Å²) in [4.78, 5) is 29.4. The van der Waals surface area contributed by atoms with Crippen molar-refractivity contribution in [1.82, 2.24) is 10.4 Å². The van der Waals surface area contributed by atoms with Crippen molar-refractivity contribution in [2.75, 3.05) is 27.4 Å². The molecule has 2 fully saturated rings. The highest BCUT2D eigenvalue weighted by Gasteiger charge is 2.47. The number of carbonyl (C=O) groups excluding carboxylic acids is 2. The lowest BCUT2D eigenvalue weighted by atomic mass is 9.80. The summed E-state index contributed by atoms with van der Waals surface area (Å²) in [6, 6.07) is 8.13. The maximum atomic E-state index is 11.7. The van der Waals surface area contributed by atoms with E-state index in [-0.39, 0.29) is 72.4 Å². The summed E-state index contributed by atoms with van der Waals surface area (Å²) in [7, 11) is 2.76. The molecule has 0 aliphatic carbocycles. The molecule has 0 aromatic heterocycles. The maximum Gasteiger partial charge on any atom is 0.307 e. The number of rotatable bonds is 14. The number of hydrogen-bond acceptors (Lipinski definition) is 10. The lowest BCUT2D eigenvalue weighted by molar-refractivity contribution is -0.295. The largest absolute Gasteiger partial charge is 0.469 e. The molecule has 1 N–H and O–H groups in total. The lowest BCUT2D eigenvalue weighted by Crippen LogP contribution is -2.61. The Labute approximate surface area is 264 Å². The highest BCUT2D eigenvalue weighted by molar-refractivity contribution is 5.69. The smallest absolute Gasteiger partial charge is 0.307 e. The van der Waals surface area contributed by atoms with E-state index in [4.69, 9.17) is 28.5 Å². The summed E-state index contributed by atoms with van der Waals surface area (Å²) in [5.74, 6) is -0.597. The lowest BCUT2D eigenvalue weighted by Gasteiger charge is -2.53. The number of esters is 2. The second-order valence-corrected chi connectivity index (χ2v) is 14.7. The minimum Gasteiger partial charge on any atom is -0.469 e. The zero-order chi connectivity index (χ0) is 32.8. The van der Waals surface area contributed by atoms with E-state index in [0.29, 0.717) is 6.61 Å². The molecule has 1 aromatic carbocycles. The molecule has 2 heterocycles. The van der Waals surface area contributed by atoms with Gasteiger partial charge in [-0.2, -0.15) is 5.06 Å². The number of methoxy groups -OCH3 is 2. The van der Waals surface area contributed by atoms with Crippen LogP contribution in [0.5, 0.6) is 0 Å². The Morgan fingerprint density at radius 3 is 1.84 bits per heavy atom. The molecule has 1 atom stereocenters. The molecule has 2 aliphatic rings. The van der Waals surface area contributed by atoms with E-state index in [0.717, 1.165) is 36.8 Å². The average Bonchev–Trinajstić information content (AvgIpc) is 2.90. The van der Waals surface area contributed by atoms with Crippen LogP contribution in [-0.4, -0.2) is 78.8 Å². The molecular formula is C34H56N2O8. The van der Waals surface area contributed by atoms with E-state index in [1.165, 1.54) is 14.2 Å². The summed E-state index contributed by atoms with van der Waals surface area (Å²) >= 11 is 0. The van der Waals surface area contributed by atoms with Crippen molar-refractivity contribution in [3.63, 3.8) is 0 Å². The number of piperidine rings is 2. The van der Waals surface area contributed by atoms with Crippen molar-refractivity contribution in [1.29, 1.82) is 0 Å². The second kappa shape index (κ2) is 15.0. The molecular weight excluding hydrogens is 564 g/mol. The van der Waals surface area contributed by atoms with Gasteiger partial charge in [0.25, 0.3) is 0 Å². The van der Waals surface area contributed by atoms with Crippen LogP contribution in [-0.2, 0) is 44.7 Å². The van der Waals surface area contributed by atoms with Gasteiger partial charge in [0, 0.05) is 27.7 Å². The number of hydrogen-bond donors (Lipinski definition) is 1. The molecule has 44 heavy (non-hydrogen) atoms. The first-order valence-corrected chi connectivity index (χ1v) is 15.8. The van der Waals surface area contributed by atoms with Crippen molar-refractivity contribution in [3.8, 4) is 0 Å². The quantitative estimate of drug-likeness (QED) is 0.208. The monoisotopic (exact) mass is 620 g/mol. The van der Waals surface area contributed by atoms with E-state index in [1.807, 2.05) is 29.3 Å². The molecule has 250 valence electrons. The molecule has 10 nitrogen and oxygen atoms in total. The van der Waals surface area contributed by atoms with Crippen LogP contribution in [0.4, 0.5) is 0 Å². The van der Waals surface area contributed by atoms with Gasteiger partial charge in [-0.25, -0.2) is 0 Å². The molecule has 0 amide bonds. The first kappa shape index (κ1) is 36.4. The first-order chi connectivity index (χ1) is 20.4. The number of ether oxygens (including phenoxy) is 5. The van der Waals surface area contributed by atoms with Crippen LogP contribution in [0.3, 0.4) is 0 Å². The number of nitrogens with zero attached hydrogens (tertiary/aromatic N) is 1. The van der Waals surface area contributed by atoms with Crippen LogP contribution in [0, 0.1) is 0 Å². The minimum absolute atomic E-state index is 0.00518. The molecule has 0 bridgehead atoms. The number of hydroxylamine groups is 2. The fourth-order valence-electron chi connectivity index (χ4n) is 7.01. The Balaban J connectivity index is 1.63. The van der Waals surface area contributed by atoms with Gasteiger partial charge in [-0.05, 0) is 86.6 Å². The van der Waals surface area contributed by atoms with Crippen LogP contribution in [0.15, 0.2) is 24.3 Å². The van der Waals surface area contributed by atoms with Gasteiger partial charge in [0.15, 0.2) is 6.29 Å². The van der Waals surface area contributed by atoms with Gasteiger partial charge in [0.05, 0.1) is 59.1 Å². The Morgan fingerprint density at radius 2 is 1.32 bits per heavy atom. The fourth-order valence-corrected chi connectivity index (χ4v) is 7.01. The van der Waals surface area contributed by atoms with E-state index in [9.17, 15) is 9.59 Å². The van der Waals surface area contributed by atoms with Gasteiger partial charge in [-0.3, -0.25) is 14.4 Å². The van der Waals surface area contributed by atoms with E-state index < -0.39 is 6.29 Å². The Hall–Kier alpha value is -2.08.